The van der Waals surface area contributed by atoms with Crippen molar-refractivity contribution >= 4 is 5.78 Å². The molecule has 2 unspecified atom stereocenters. The van der Waals surface area contributed by atoms with Crippen molar-refractivity contribution in [3.05, 3.63) is 11.6 Å². The molecule has 0 aromatic carbocycles. The summed E-state index contributed by atoms with van der Waals surface area (Å²) >= 11 is 0. The minimum atomic E-state index is -0.519. The van der Waals surface area contributed by atoms with Gasteiger partial charge >= 0.3 is 0 Å². The molecule has 0 bridgehead atoms. The van der Waals surface area contributed by atoms with Crippen LogP contribution in [0.15, 0.2) is 11.6 Å². The third-order valence-corrected chi connectivity index (χ3v) is 3.47. The first kappa shape index (κ1) is 12.4. The summed E-state index contributed by atoms with van der Waals surface area (Å²) in [6, 6.07) is 0. The van der Waals surface area contributed by atoms with Crippen LogP contribution in [0.25, 0.3) is 0 Å². The quantitative estimate of drug-likeness (QED) is 0.727. The Morgan fingerprint density at radius 1 is 1.67 bits per heavy atom. The summed E-state index contributed by atoms with van der Waals surface area (Å²) in [7, 11) is 0. The first-order chi connectivity index (χ1) is 6.84. The van der Waals surface area contributed by atoms with Crippen molar-refractivity contribution < 1.29 is 9.90 Å². The lowest BCUT2D eigenvalue weighted by Crippen LogP contribution is -2.37. The van der Waals surface area contributed by atoms with Crippen molar-refractivity contribution in [3.8, 4) is 0 Å². The highest BCUT2D eigenvalue weighted by atomic mass is 16.3. The molecule has 86 valence electrons. The monoisotopic (exact) mass is 210 g/mol. The number of allylic oxidation sites excluding steroid dienone is 1. The van der Waals surface area contributed by atoms with Crippen molar-refractivity contribution in [1.29, 1.82) is 0 Å². The van der Waals surface area contributed by atoms with Crippen molar-refractivity contribution in [3.63, 3.8) is 0 Å². The minimum absolute atomic E-state index is 0.0664. The van der Waals surface area contributed by atoms with Crippen LogP contribution in [0.2, 0.25) is 0 Å². The van der Waals surface area contributed by atoms with Crippen LogP contribution in [0.5, 0.6) is 0 Å². The van der Waals surface area contributed by atoms with Gasteiger partial charge in [-0.1, -0.05) is 25.5 Å². The fourth-order valence-corrected chi connectivity index (χ4v) is 2.81. The summed E-state index contributed by atoms with van der Waals surface area (Å²) in [5, 5.41) is 10.1. The number of carbonyl (C=O) groups is 1. The fraction of sp³-hybridized carbons (Fsp3) is 0.769. The Hall–Kier alpha value is -0.630. The number of ketones is 1. The van der Waals surface area contributed by atoms with Crippen molar-refractivity contribution in [2.24, 2.45) is 11.3 Å². The van der Waals surface area contributed by atoms with Crippen molar-refractivity contribution in [2.45, 2.75) is 53.1 Å². The van der Waals surface area contributed by atoms with E-state index in [0.717, 1.165) is 12.8 Å². The molecule has 2 nitrogen and oxygen atoms in total. The van der Waals surface area contributed by atoms with Gasteiger partial charge in [-0.15, -0.1) is 0 Å². The van der Waals surface area contributed by atoms with E-state index in [4.69, 9.17) is 0 Å². The van der Waals surface area contributed by atoms with E-state index in [9.17, 15) is 9.90 Å². The molecule has 0 saturated heterocycles. The molecule has 2 atom stereocenters. The summed E-state index contributed by atoms with van der Waals surface area (Å²) in [6.07, 6.45) is 4.12. The number of aliphatic hydroxyl groups is 1. The molecule has 1 aliphatic carbocycles. The van der Waals surface area contributed by atoms with Crippen LogP contribution in [-0.2, 0) is 4.79 Å². The van der Waals surface area contributed by atoms with Crippen LogP contribution in [0.3, 0.4) is 0 Å². The Labute approximate surface area is 92.4 Å². The number of Topliss-reactive ketones (excluding diaryl/α,β-unsaturated/α-hetero) is 1. The molecule has 0 saturated carbocycles. The lowest BCUT2D eigenvalue weighted by Gasteiger charge is -2.41. The molecule has 0 radical (unpaired) electrons. The van der Waals surface area contributed by atoms with Gasteiger partial charge in [0.25, 0.3) is 0 Å². The second kappa shape index (κ2) is 4.48. The highest BCUT2D eigenvalue weighted by molar-refractivity contribution is 5.76. The van der Waals surface area contributed by atoms with Crippen molar-refractivity contribution in [1.82, 2.24) is 0 Å². The Bertz CT molecular complexity index is 276. The number of hydrogen-bond acceptors (Lipinski definition) is 2. The van der Waals surface area contributed by atoms with Gasteiger partial charge in [0.15, 0.2) is 0 Å². The maximum absolute atomic E-state index is 11.0. The second-order valence-electron chi connectivity index (χ2n) is 5.43. The van der Waals surface area contributed by atoms with Crippen LogP contribution in [0, 0.1) is 11.3 Å². The highest BCUT2D eigenvalue weighted by Gasteiger charge is 2.37. The van der Waals surface area contributed by atoms with Gasteiger partial charge < -0.3 is 5.11 Å². The number of aliphatic hydroxyl groups excluding tert-OH is 1. The average molecular weight is 210 g/mol. The van der Waals surface area contributed by atoms with Gasteiger partial charge in [0.05, 0.1) is 6.10 Å². The summed E-state index contributed by atoms with van der Waals surface area (Å²) in [6.45, 7) is 7.96. The normalized spacial score (nSPS) is 27.0. The lowest BCUT2D eigenvalue weighted by molar-refractivity contribution is -0.120. The van der Waals surface area contributed by atoms with Gasteiger partial charge in [-0.25, -0.2) is 0 Å². The molecule has 0 spiro atoms. The molecule has 0 aromatic rings. The van der Waals surface area contributed by atoms with Crippen LogP contribution in [0.1, 0.15) is 47.0 Å². The van der Waals surface area contributed by atoms with Gasteiger partial charge in [-0.2, -0.15) is 0 Å². The largest absolute Gasteiger partial charge is 0.392 e. The topological polar surface area (TPSA) is 37.3 Å². The summed E-state index contributed by atoms with van der Waals surface area (Å²) in [5.74, 6) is 0.201. The molecule has 0 amide bonds. The van der Waals surface area contributed by atoms with E-state index < -0.39 is 6.10 Å². The molecule has 1 rings (SSSR count). The number of hydrogen-bond donors (Lipinski definition) is 1. The smallest absolute Gasteiger partial charge is 0.132 e. The van der Waals surface area contributed by atoms with E-state index in [1.165, 1.54) is 12.5 Å². The predicted octanol–water partition coefficient (Wildman–Crippen LogP) is 2.71. The fourth-order valence-electron chi connectivity index (χ4n) is 2.81. The first-order valence-corrected chi connectivity index (χ1v) is 5.69. The van der Waals surface area contributed by atoms with Crippen LogP contribution in [-0.4, -0.2) is 17.0 Å². The molecule has 1 aliphatic rings. The van der Waals surface area contributed by atoms with Gasteiger partial charge in [0, 0.05) is 12.3 Å². The Kier molecular flexibility index (Phi) is 3.72. The summed E-state index contributed by atoms with van der Waals surface area (Å²) < 4.78 is 0. The summed E-state index contributed by atoms with van der Waals surface area (Å²) in [5.41, 5.74) is 1.34. The molecular weight excluding hydrogens is 188 g/mol. The Morgan fingerprint density at radius 3 is 2.73 bits per heavy atom. The highest BCUT2D eigenvalue weighted by Crippen LogP contribution is 2.43. The Morgan fingerprint density at radius 2 is 2.27 bits per heavy atom. The van der Waals surface area contributed by atoms with E-state index in [-0.39, 0.29) is 23.5 Å². The molecule has 0 aromatic heterocycles. The minimum Gasteiger partial charge on any atom is -0.392 e. The zero-order valence-electron chi connectivity index (χ0n) is 10.2. The van der Waals surface area contributed by atoms with Gasteiger partial charge in [0.2, 0.25) is 0 Å². The van der Waals surface area contributed by atoms with Crippen LogP contribution >= 0.6 is 0 Å². The molecule has 0 fully saturated rings. The average Bonchev–Trinajstić information content (AvgIpc) is 1.99. The van der Waals surface area contributed by atoms with E-state index in [1.807, 2.05) is 0 Å². The molecule has 0 heterocycles. The summed E-state index contributed by atoms with van der Waals surface area (Å²) in [4.78, 5) is 11.0. The molecular formula is C13H22O2. The SMILES string of the molecule is CC(=O)CC(O)C1C(C)=CCCC1(C)C. The van der Waals surface area contributed by atoms with Gasteiger partial charge in [-0.05, 0) is 32.1 Å². The number of rotatable bonds is 3. The van der Waals surface area contributed by atoms with E-state index in [0.29, 0.717) is 0 Å². The van der Waals surface area contributed by atoms with Gasteiger partial charge in [-0.3, -0.25) is 4.79 Å². The van der Waals surface area contributed by atoms with E-state index in [2.05, 4.69) is 26.8 Å². The van der Waals surface area contributed by atoms with Gasteiger partial charge in [0.1, 0.15) is 5.78 Å². The third kappa shape index (κ3) is 2.91. The van der Waals surface area contributed by atoms with Crippen LogP contribution < -0.4 is 0 Å². The molecule has 0 aliphatic heterocycles. The first-order valence-electron chi connectivity index (χ1n) is 5.69. The standard InChI is InChI=1S/C13H22O2/c1-9-6-5-7-13(3,4)12(9)11(15)8-10(2)14/h6,11-12,15H,5,7-8H2,1-4H3. The zero-order chi connectivity index (χ0) is 11.6. The van der Waals surface area contributed by atoms with E-state index >= 15 is 0 Å². The maximum Gasteiger partial charge on any atom is 0.132 e. The number of carbonyl (C=O) groups excluding carboxylic acids is 1. The lowest BCUT2D eigenvalue weighted by atomic mass is 9.66. The van der Waals surface area contributed by atoms with Crippen LogP contribution in [0.4, 0.5) is 0 Å². The second-order valence-corrected chi connectivity index (χ2v) is 5.43. The molecule has 2 heteroatoms. The van der Waals surface area contributed by atoms with E-state index in [1.54, 1.807) is 0 Å². The maximum atomic E-state index is 11.0. The molecule has 15 heavy (non-hydrogen) atoms. The zero-order valence-corrected chi connectivity index (χ0v) is 10.2. The molecule has 1 N–H and O–H groups in total. The van der Waals surface area contributed by atoms with Crippen molar-refractivity contribution in [2.75, 3.05) is 0 Å². The Balaban J connectivity index is 2.83. The third-order valence-electron chi connectivity index (χ3n) is 3.47. The predicted molar refractivity (Wildman–Crippen MR) is 61.6 cm³/mol.